The molecule has 0 aromatic heterocycles. The fourth-order valence-corrected chi connectivity index (χ4v) is 5.71. The molecular weight excluding hydrogens is 385 g/mol. The van der Waals surface area contributed by atoms with Crippen molar-refractivity contribution in [2.45, 2.75) is 5.78 Å². The smallest absolute Gasteiger partial charge is 0.303 e. The third-order valence-electron chi connectivity index (χ3n) is 4.03. The highest BCUT2D eigenvalue weighted by Gasteiger charge is 2.46. The van der Waals surface area contributed by atoms with Crippen LogP contribution in [0.5, 0.6) is 5.75 Å². The van der Waals surface area contributed by atoms with Crippen LogP contribution in [0.2, 0.25) is 0 Å². The largest absolute Gasteiger partial charge is 0.438 e. The first-order valence-electron chi connectivity index (χ1n) is 7.63. The number of benzene rings is 3. The van der Waals surface area contributed by atoms with Crippen LogP contribution in [0.4, 0.5) is 5.69 Å². The summed E-state index contributed by atoms with van der Waals surface area (Å²) in [7, 11) is -3.13. The van der Waals surface area contributed by atoms with Crippen LogP contribution >= 0.6 is 23.3 Å². The van der Waals surface area contributed by atoms with E-state index in [4.69, 9.17) is 4.52 Å². The third-order valence-corrected chi connectivity index (χ3v) is 7.10. The summed E-state index contributed by atoms with van der Waals surface area (Å²) in [4.78, 5) is 0. The van der Waals surface area contributed by atoms with Crippen LogP contribution in [0.3, 0.4) is 0 Å². The molecule has 3 nitrogen and oxygen atoms in total. The summed E-state index contributed by atoms with van der Waals surface area (Å²) in [6.45, 7) is 0. The first-order valence-corrected chi connectivity index (χ1v) is 10.1. The zero-order valence-electron chi connectivity index (χ0n) is 12.7. The second kappa shape index (κ2) is 6.12. The van der Waals surface area contributed by atoms with E-state index >= 15 is 0 Å². The number of halogens is 1. The summed E-state index contributed by atoms with van der Waals surface area (Å²) in [5.74, 6) is 0.244. The molecule has 0 saturated carbocycles. The van der Waals surface area contributed by atoms with E-state index in [1.807, 2.05) is 78.9 Å². The Hall–Kier alpha value is -2.03. The number of hydrogen-bond acceptors (Lipinski definition) is 3. The van der Waals surface area contributed by atoms with E-state index in [2.05, 4.69) is 21.2 Å². The molecule has 3 aromatic rings. The average Bonchev–Trinajstić information content (AvgIpc) is 2.90. The highest BCUT2D eigenvalue weighted by molar-refractivity contribution is 9.10. The summed E-state index contributed by atoms with van der Waals surface area (Å²) in [5.41, 5.74) is 1.82. The third kappa shape index (κ3) is 2.66. The molecular formula is C19H15BrNO2P. The zero-order valence-corrected chi connectivity index (χ0v) is 15.2. The van der Waals surface area contributed by atoms with Gasteiger partial charge in [-0.15, -0.1) is 0 Å². The average molecular weight is 400 g/mol. The highest BCUT2D eigenvalue weighted by Crippen LogP contribution is 2.65. The van der Waals surface area contributed by atoms with Crippen LogP contribution in [0.15, 0.2) is 83.3 Å². The first kappa shape index (κ1) is 15.5. The summed E-state index contributed by atoms with van der Waals surface area (Å²) in [6.07, 6.45) is 0. The Morgan fingerprint density at radius 2 is 1.58 bits per heavy atom. The molecule has 0 fully saturated rings. The van der Waals surface area contributed by atoms with Gasteiger partial charge in [-0.3, -0.25) is 4.57 Å². The predicted molar refractivity (Wildman–Crippen MR) is 101 cm³/mol. The van der Waals surface area contributed by atoms with Gasteiger partial charge in [0.15, 0.2) is 0 Å². The van der Waals surface area contributed by atoms with Gasteiger partial charge in [-0.05, 0) is 42.5 Å². The molecule has 24 heavy (non-hydrogen) atoms. The van der Waals surface area contributed by atoms with Crippen LogP contribution in [0, 0.1) is 0 Å². The summed E-state index contributed by atoms with van der Waals surface area (Å²) < 4.78 is 20.7. The van der Waals surface area contributed by atoms with Crippen LogP contribution < -0.4 is 15.1 Å². The van der Waals surface area contributed by atoms with E-state index in [1.165, 1.54) is 0 Å². The van der Waals surface area contributed by atoms with Gasteiger partial charge in [0.05, 0.1) is 5.30 Å². The number of rotatable bonds is 3. The van der Waals surface area contributed by atoms with Crippen LogP contribution in [0.1, 0.15) is 11.3 Å². The summed E-state index contributed by atoms with van der Waals surface area (Å²) in [6, 6.07) is 24.9. The molecule has 0 saturated heterocycles. The fraction of sp³-hybridized carbons (Fsp3) is 0.0526. The molecule has 1 heterocycles. The van der Waals surface area contributed by atoms with E-state index in [1.54, 1.807) is 0 Å². The molecule has 1 aliphatic rings. The lowest BCUT2D eigenvalue weighted by atomic mass is 10.2. The SMILES string of the molecule is O=P1(c2ccccc2)Oc2ccc(Br)cc2C1Nc1ccccc1. The maximum atomic E-state index is 13.8. The Balaban J connectivity index is 1.83. The van der Waals surface area contributed by atoms with Crippen LogP contribution in [0.25, 0.3) is 0 Å². The van der Waals surface area contributed by atoms with Crippen molar-refractivity contribution in [3.63, 3.8) is 0 Å². The van der Waals surface area contributed by atoms with Gasteiger partial charge < -0.3 is 9.84 Å². The van der Waals surface area contributed by atoms with Gasteiger partial charge in [-0.25, -0.2) is 0 Å². The number of para-hydroxylation sites is 1. The van der Waals surface area contributed by atoms with E-state index in [9.17, 15) is 4.57 Å². The van der Waals surface area contributed by atoms with Gasteiger partial charge in [0, 0.05) is 15.7 Å². The highest BCUT2D eigenvalue weighted by atomic mass is 79.9. The molecule has 0 aliphatic carbocycles. The maximum Gasteiger partial charge on any atom is 0.303 e. The zero-order chi connectivity index (χ0) is 16.6. The molecule has 5 heteroatoms. The number of nitrogens with one attached hydrogen (secondary N) is 1. The quantitative estimate of drug-likeness (QED) is 0.586. The Bertz CT molecular complexity index is 915. The molecule has 1 aliphatic heterocycles. The lowest BCUT2D eigenvalue weighted by molar-refractivity contribution is 0.501. The molecule has 0 amide bonds. The topological polar surface area (TPSA) is 38.3 Å². The Labute approximate surface area is 149 Å². The second-order valence-corrected chi connectivity index (χ2v) is 8.94. The molecule has 1 N–H and O–H groups in total. The van der Waals surface area contributed by atoms with Crippen molar-refractivity contribution >= 4 is 34.3 Å². The van der Waals surface area contributed by atoms with Gasteiger partial charge in [0.25, 0.3) is 0 Å². The van der Waals surface area contributed by atoms with E-state index in [0.717, 1.165) is 15.7 Å². The molecule has 3 aromatic carbocycles. The van der Waals surface area contributed by atoms with Crippen molar-refractivity contribution < 1.29 is 9.09 Å². The lowest BCUT2D eigenvalue weighted by Gasteiger charge is -2.22. The van der Waals surface area contributed by atoms with Gasteiger partial charge >= 0.3 is 7.37 Å². The predicted octanol–water partition coefficient (Wildman–Crippen LogP) is 5.56. The molecule has 120 valence electrons. The monoisotopic (exact) mass is 399 g/mol. The van der Waals surface area contributed by atoms with Gasteiger partial charge in [0.1, 0.15) is 11.5 Å². The maximum absolute atomic E-state index is 13.8. The van der Waals surface area contributed by atoms with Crippen molar-refractivity contribution in [2.75, 3.05) is 5.32 Å². The van der Waals surface area contributed by atoms with Crippen molar-refractivity contribution in [1.82, 2.24) is 0 Å². The minimum atomic E-state index is -3.13. The molecule has 2 atom stereocenters. The first-order chi connectivity index (χ1) is 11.7. The second-order valence-electron chi connectivity index (χ2n) is 5.62. The number of hydrogen-bond donors (Lipinski definition) is 1. The molecule has 4 rings (SSSR count). The van der Waals surface area contributed by atoms with Crippen LogP contribution in [-0.4, -0.2) is 0 Å². The normalized spacial score (nSPS) is 21.8. The summed E-state index contributed by atoms with van der Waals surface area (Å²) >= 11 is 3.50. The standard InChI is InChI=1S/C19H15BrNO2P/c20-14-11-12-18-17(13-14)19(21-15-7-3-1-4-8-15)24(22,23-18)16-9-5-2-6-10-16/h1-13,19,21H. The minimum Gasteiger partial charge on any atom is -0.438 e. The van der Waals surface area contributed by atoms with Crippen molar-refractivity contribution in [1.29, 1.82) is 0 Å². The Morgan fingerprint density at radius 3 is 2.29 bits per heavy atom. The van der Waals surface area contributed by atoms with Gasteiger partial charge in [-0.1, -0.05) is 52.3 Å². The lowest BCUT2D eigenvalue weighted by Crippen LogP contribution is -2.16. The van der Waals surface area contributed by atoms with E-state index < -0.39 is 13.2 Å². The van der Waals surface area contributed by atoms with Crippen molar-refractivity contribution in [3.05, 3.63) is 88.9 Å². The summed E-state index contributed by atoms with van der Waals surface area (Å²) in [5, 5.41) is 4.12. The molecule has 2 unspecified atom stereocenters. The fourth-order valence-electron chi connectivity index (χ4n) is 2.89. The number of fused-ring (bicyclic) bond motifs is 1. The van der Waals surface area contributed by atoms with Crippen molar-refractivity contribution in [2.24, 2.45) is 0 Å². The van der Waals surface area contributed by atoms with Gasteiger partial charge in [0.2, 0.25) is 0 Å². The Kier molecular flexibility index (Phi) is 3.95. The Morgan fingerprint density at radius 1 is 0.917 bits per heavy atom. The van der Waals surface area contributed by atoms with Gasteiger partial charge in [-0.2, -0.15) is 0 Å². The van der Waals surface area contributed by atoms with Crippen molar-refractivity contribution in [3.8, 4) is 5.75 Å². The minimum absolute atomic E-state index is 0.421. The van der Waals surface area contributed by atoms with E-state index in [-0.39, 0.29) is 0 Å². The molecule has 0 spiro atoms. The number of anilines is 1. The van der Waals surface area contributed by atoms with E-state index in [0.29, 0.717) is 11.1 Å². The molecule has 0 bridgehead atoms. The molecule has 0 radical (unpaired) electrons. The van der Waals surface area contributed by atoms with Crippen LogP contribution in [-0.2, 0) is 4.57 Å².